The summed E-state index contributed by atoms with van der Waals surface area (Å²) in [5.74, 6) is 0. The van der Waals surface area contributed by atoms with Crippen LogP contribution < -0.4 is 19.6 Å². The second kappa shape index (κ2) is 34.1. The minimum atomic E-state index is -0.201. The van der Waals surface area contributed by atoms with Gasteiger partial charge in [-0.1, -0.05) is 381 Å². The van der Waals surface area contributed by atoms with Crippen LogP contribution in [0.3, 0.4) is 0 Å². The molecule has 0 radical (unpaired) electrons. The Morgan fingerprint density at radius 2 is 0.184 bits per heavy atom. The molecule has 0 N–H and O–H groups in total. The van der Waals surface area contributed by atoms with Crippen molar-refractivity contribution in [3.05, 3.63) is 283 Å². The monoisotopic (exact) mass is 1820 g/mol. The van der Waals surface area contributed by atoms with Crippen molar-refractivity contribution in [1.29, 1.82) is 0 Å². The van der Waals surface area contributed by atoms with Crippen LogP contribution in [0.15, 0.2) is 194 Å². The molecule has 0 unspecified atom stereocenters. The minimum absolute atomic E-state index is 0.201. The molecule has 13 rings (SSSR count). The first-order valence-corrected chi connectivity index (χ1v) is 51.2. The average Bonchev–Trinajstić information content (AvgIpc) is 0.696. The lowest BCUT2D eigenvalue weighted by molar-refractivity contribution is 0.567. The highest BCUT2D eigenvalue weighted by Crippen LogP contribution is 2.57. The molecule has 0 aromatic heterocycles. The van der Waals surface area contributed by atoms with Crippen LogP contribution in [0.4, 0.5) is 68.2 Å². The topological polar surface area (TPSA) is 13.0 Å². The van der Waals surface area contributed by atoms with Crippen molar-refractivity contribution in [1.82, 2.24) is 0 Å². The van der Waals surface area contributed by atoms with Crippen molar-refractivity contribution in [3.63, 3.8) is 0 Å². The molecule has 0 aliphatic rings. The summed E-state index contributed by atoms with van der Waals surface area (Å²) in [6.07, 6.45) is 0. The SMILES string of the molecule is CC(C)(C)c1cc(N(c2cc(C(C)(C)C)cc(C(C)(C)C)c2)c2cc3cc(N(c4cc(C(C)(C)C)cc(C(C)(C)C)c4)c4cc(C(C)(C)C)cc(C(C)(C)C)c4)cc4c5cc(N(c6cc(C(C)(C)C)cc(C(C)(C)C)c6)c6cc(C(C)(C)C)cc(C(C)(C)C)c6)cc6cc(N(c7cc(C(C)(C)C)cc(C(C)(C)C)c7)c7cc(C(C)(C)C)cc(C(C)(C)C)c7)cc(c(c2)c34)c65)cc(C(C)(C)C)c1. The van der Waals surface area contributed by atoms with Crippen molar-refractivity contribution in [2.75, 3.05) is 19.6 Å². The van der Waals surface area contributed by atoms with Crippen LogP contribution in [0.25, 0.3) is 43.1 Å². The van der Waals surface area contributed by atoms with Crippen LogP contribution >= 0.6 is 0 Å². The molecule has 0 saturated heterocycles. The number of rotatable bonds is 12. The summed E-state index contributed by atoms with van der Waals surface area (Å²) in [4.78, 5) is 10.8. The molecule has 0 heterocycles. The van der Waals surface area contributed by atoms with Gasteiger partial charge in [0.15, 0.2) is 0 Å². The largest absolute Gasteiger partial charge is 0.310 e. The number of nitrogens with zero attached hydrogens (tertiary/aromatic N) is 4. The summed E-state index contributed by atoms with van der Waals surface area (Å²) < 4.78 is 0. The summed E-state index contributed by atoms with van der Waals surface area (Å²) >= 11 is 0. The second-order valence-corrected chi connectivity index (χ2v) is 57.7. The highest BCUT2D eigenvalue weighted by atomic mass is 15.2. The van der Waals surface area contributed by atoms with Crippen LogP contribution in [0.1, 0.15) is 421 Å². The molecule has 0 amide bonds. The lowest BCUT2D eigenvalue weighted by Crippen LogP contribution is -2.21. The van der Waals surface area contributed by atoms with E-state index in [1.807, 2.05) is 0 Å². The molecule has 0 aliphatic heterocycles. The smallest absolute Gasteiger partial charge is 0.0474 e. The van der Waals surface area contributed by atoms with E-state index in [4.69, 9.17) is 0 Å². The van der Waals surface area contributed by atoms with E-state index in [9.17, 15) is 0 Å². The molecule has 0 saturated carbocycles. The predicted molar refractivity (Wildman–Crippen MR) is 606 cm³/mol. The zero-order valence-electron chi connectivity index (χ0n) is 94.3. The standard InChI is InChI=1S/C132H176N4/c1-117(2,3)83-53-84(118(4,5)6)62-103(61-83)133(104-63-85(119(7,8)9)54-86(64-104)120(10,11)12)99-49-81-50-100(134(105-65-87(121(13,14)15)55-88(66-105)122(16,17)18)106-67-89(123(19,20)21)56-90(68-106)124(22,23)24)79-113-114-80-102(136(109-73-95(129(37,38)39)59-96(74-109)130(40,41)42)110-75-97(131(43,44)45)60-98(76-110)132(46,47)48)52-82-51-101(78-112(116(82)114)111(77-99)115(81)113)135(107-69-91(125(25,26)27)57-92(70-107)126(28,29)30)108-71-93(127(31,32)33)58-94(72-108)128(34,35)36/h49-80H,1-48H3. The zero-order valence-corrected chi connectivity index (χ0v) is 94.3. The molecule has 4 nitrogen and oxygen atoms in total. The van der Waals surface area contributed by atoms with Gasteiger partial charge in [0.1, 0.15) is 0 Å². The van der Waals surface area contributed by atoms with Crippen molar-refractivity contribution < 1.29 is 0 Å². The Balaban J connectivity index is 1.41. The van der Waals surface area contributed by atoms with E-state index < -0.39 is 0 Å². The lowest BCUT2D eigenvalue weighted by atomic mass is 9.79. The first kappa shape index (κ1) is 104. The maximum absolute atomic E-state index is 2.69. The highest BCUT2D eigenvalue weighted by Gasteiger charge is 2.37. The first-order valence-electron chi connectivity index (χ1n) is 51.2. The molecule has 0 fully saturated rings. The number of fused-ring (bicyclic) bond motifs is 2. The van der Waals surface area contributed by atoms with Gasteiger partial charge in [0.05, 0.1) is 0 Å². The van der Waals surface area contributed by atoms with E-state index in [0.29, 0.717) is 0 Å². The second-order valence-electron chi connectivity index (χ2n) is 57.7. The molecule has 724 valence electrons. The van der Waals surface area contributed by atoms with Crippen LogP contribution in [0.5, 0.6) is 0 Å². The molecule has 13 aromatic rings. The Hall–Kier alpha value is -9.64. The maximum Gasteiger partial charge on any atom is 0.0474 e. The van der Waals surface area contributed by atoms with Crippen LogP contribution in [-0.4, -0.2) is 0 Å². The summed E-state index contributed by atoms with van der Waals surface area (Å²) in [5.41, 5.74) is 31.0. The van der Waals surface area contributed by atoms with Crippen LogP contribution in [0, 0.1) is 0 Å². The Morgan fingerprint density at radius 1 is 0.103 bits per heavy atom. The molecule has 0 spiro atoms. The van der Waals surface area contributed by atoms with Gasteiger partial charge < -0.3 is 19.6 Å². The first-order chi connectivity index (χ1) is 61.4. The third-order valence-corrected chi connectivity index (χ3v) is 28.9. The van der Waals surface area contributed by atoms with Crippen molar-refractivity contribution in [2.24, 2.45) is 0 Å². The average molecular weight is 1820 g/mol. The molecule has 13 aromatic carbocycles. The predicted octanol–water partition coefficient (Wildman–Crippen LogP) is 40.4. The summed E-state index contributed by atoms with van der Waals surface area (Å²) in [5, 5.41) is 9.48. The molecule has 0 aliphatic carbocycles. The van der Waals surface area contributed by atoms with Gasteiger partial charge in [-0.15, -0.1) is 0 Å². The fourth-order valence-electron chi connectivity index (χ4n) is 19.0. The Bertz CT molecular complexity index is 5350. The molecule has 4 heteroatoms. The fourth-order valence-corrected chi connectivity index (χ4v) is 19.0. The third-order valence-electron chi connectivity index (χ3n) is 28.9. The summed E-state index contributed by atoms with van der Waals surface area (Å²) in [6, 6.07) is 81.7. The molecule has 0 atom stereocenters. The normalized spacial score (nSPS) is 13.9. The molecule has 0 bridgehead atoms. The summed E-state index contributed by atoms with van der Waals surface area (Å²) in [6.45, 7) is 115. The number of hydrogen-bond donors (Lipinski definition) is 0. The van der Waals surface area contributed by atoms with Gasteiger partial charge in [-0.05, 0) is 364 Å². The van der Waals surface area contributed by atoms with Gasteiger partial charge in [-0.25, -0.2) is 0 Å². The van der Waals surface area contributed by atoms with Gasteiger partial charge in [0.25, 0.3) is 0 Å². The Morgan fingerprint density at radius 3 is 0.265 bits per heavy atom. The van der Waals surface area contributed by atoms with Crippen LogP contribution in [-0.2, 0) is 86.6 Å². The van der Waals surface area contributed by atoms with E-state index in [-0.39, 0.29) is 86.6 Å². The Kier molecular flexibility index (Phi) is 26.0. The van der Waals surface area contributed by atoms with E-state index in [1.54, 1.807) is 0 Å². The molecular weight excluding hydrogens is 1640 g/mol. The van der Waals surface area contributed by atoms with Crippen molar-refractivity contribution >= 4 is 111 Å². The zero-order chi connectivity index (χ0) is 102. The maximum atomic E-state index is 2.69. The van der Waals surface area contributed by atoms with Gasteiger partial charge in [-0.3, -0.25) is 0 Å². The number of benzene rings is 13. The quantitative estimate of drug-likeness (QED) is 0.0893. The van der Waals surface area contributed by atoms with Crippen LogP contribution in [0.2, 0.25) is 0 Å². The van der Waals surface area contributed by atoms with E-state index >= 15 is 0 Å². The van der Waals surface area contributed by atoms with Gasteiger partial charge >= 0.3 is 0 Å². The van der Waals surface area contributed by atoms with Crippen molar-refractivity contribution in [2.45, 2.75) is 419 Å². The Labute approximate surface area is 827 Å². The third kappa shape index (κ3) is 21.8. The lowest BCUT2D eigenvalue weighted by Gasteiger charge is -2.35. The van der Waals surface area contributed by atoms with E-state index in [2.05, 4.69) is 546 Å². The van der Waals surface area contributed by atoms with Crippen molar-refractivity contribution in [3.8, 4) is 0 Å². The van der Waals surface area contributed by atoms with E-state index in [1.165, 1.54) is 121 Å². The van der Waals surface area contributed by atoms with Gasteiger partial charge in [0.2, 0.25) is 0 Å². The molecular formula is C132H176N4. The minimum Gasteiger partial charge on any atom is -0.310 e. The van der Waals surface area contributed by atoms with E-state index in [0.717, 1.165) is 79.0 Å². The highest BCUT2D eigenvalue weighted by molar-refractivity contribution is 6.35. The summed E-state index contributed by atoms with van der Waals surface area (Å²) in [7, 11) is 0. The molecule has 136 heavy (non-hydrogen) atoms. The number of hydrogen-bond acceptors (Lipinski definition) is 4. The van der Waals surface area contributed by atoms with Gasteiger partial charge in [0, 0.05) is 68.2 Å². The number of anilines is 12. The fraction of sp³-hybridized carbons (Fsp3) is 0.485. The van der Waals surface area contributed by atoms with Gasteiger partial charge in [-0.2, -0.15) is 0 Å².